The molecular weight excluding hydrogens is 334 g/mol. The highest BCUT2D eigenvalue weighted by atomic mass is 79.9. The number of halogens is 1. The lowest BCUT2D eigenvalue weighted by Gasteiger charge is -2.13. The van der Waals surface area contributed by atoms with Crippen LogP contribution < -0.4 is 4.72 Å². The fraction of sp³-hybridized carbons (Fsp3) is 0.500. The van der Waals surface area contributed by atoms with Crippen LogP contribution in [0.1, 0.15) is 18.4 Å². The van der Waals surface area contributed by atoms with Gasteiger partial charge in [0.25, 0.3) is 0 Å². The lowest BCUT2D eigenvalue weighted by molar-refractivity contribution is 0.579. The molecule has 0 spiro atoms. The van der Waals surface area contributed by atoms with E-state index in [2.05, 4.69) is 20.7 Å². The second kappa shape index (κ2) is 5.15. The summed E-state index contributed by atoms with van der Waals surface area (Å²) in [4.78, 5) is 0.333. The van der Waals surface area contributed by atoms with Crippen molar-refractivity contribution in [2.75, 3.05) is 12.8 Å². The molecule has 0 bridgehead atoms. The maximum atomic E-state index is 12.2. The van der Waals surface area contributed by atoms with Gasteiger partial charge in [0.15, 0.2) is 0 Å². The number of aryl methyl sites for hydroxylation is 1. The van der Waals surface area contributed by atoms with E-state index in [-0.39, 0.29) is 4.75 Å². The highest BCUT2D eigenvalue weighted by molar-refractivity contribution is 9.10. The molecule has 2 rings (SSSR count). The summed E-state index contributed by atoms with van der Waals surface area (Å²) in [5, 5.41) is 0. The zero-order valence-electron chi connectivity index (χ0n) is 10.4. The number of hydrogen-bond donors (Lipinski definition) is 1. The molecule has 1 aliphatic rings. The smallest absolute Gasteiger partial charge is 0.210 e. The second-order valence-corrected chi connectivity index (χ2v) is 8.52. The Balaban J connectivity index is 2.13. The quantitative estimate of drug-likeness (QED) is 0.888. The average molecular weight is 350 g/mol. The van der Waals surface area contributed by atoms with E-state index in [1.807, 2.05) is 13.2 Å². The number of hydrogen-bond acceptors (Lipinski definition) is 3. The Bertz CT molecular complexity index is 553. The van der Waals surface area contributed by atoms with Crippen molar-refractivity contribution in [3.05, 3.63) is 28.2 Å². The number of benzene rings is 1. The summed E-state index contributed by atoms with van der Waals surface area (Å²) in [6.07, 6.45) is 4.22. The Kier molecular flexibility index (Phi) is 4.11. The molecule has 1 N–H and O–H groups in total. The zero-order chi connectivity index (χ0) is 13.4. The molecule has 0 atom stereocenters. The topological polar surface area (TPSA) is 46.2 Å². The summed E-state index contributed by atoms with van der Waals surface area (Å²) in [6, 6.07) is 5.08. The number of sulfonamides is 1. The van der Waals surface area contributed by atoms with E-state index in [1.165, 1.54) is 0 Å². The summed E-state index contributed by atoms with van der Waals surface area (Å²) in [7, 11) is -3.39. The summed E-state index contributed by atoms with van der Waals surface area (Å²) in [5.41, 5.74) is 0.920. The van der Waals surface area contributed by atoms with Crippen LogP contribution in [0.5, 0.6) is 0 Å². The summed E-state index contributed by atoms with van der Waals surface area (Å²) in [5.74, 6) is 0. The monoisotopic (exact) mass is 349 g/mol. The lowest BCUT2D eigenvalue weighted by Crippen LogP contribution is -2.31. The van der Waals surface area contributed by atoms with Gasteiger partial charge in [0.05, 0.1) is 4.90 Å². The van der Waals surface area contributed by atoms with Crippen molar-refractivity contribution in [1.82, 2.24) is 4.72 Å². The fourth-order valence-corrected chi connectivity index (χ4v) is 3.96. The van der Waals surface area contributed by atoms with E-state index in [9.17, 15) is 8.42 Å². The Morgan fingerprint density at radius 1 is 1.44 bits per heavy atom. The third-order valence-corrected chi connectivity index (χ3v) is 6.97. The van der Waals surface area contributed by atoms with Crippen LogP contribution in [0.4, 0.5) is 0 Å². The van der Waals surface area contributed by atoms with Crippen LogP contribution in [0.3, 0.4) is 0 Å². The largest absolute Gasteiger partial charge is 0.240 e. The molecule has 3 nitrogen and oxygen atoms in total. The first-order valence-corrected chi connectivity index (χ1v) is 9.20. The summed E-state index contributed by atoms with van der Waals surface area (Å²) in [6.45, 7) is 2.40. The fourth-order valence-electron chi connectivity index (χ4n) is 1.69. The third kappa shape index (κ3) is 3.10. The van der Waals surface area contributed by atoms with Crippen LogP contribution in [0.2, 0.25) is 0 Å². The molecule has 100 valence electrons. The minimum atomic E-state index is -3.39. The van der Waals surface area contributed by atoms with Gasteiger partial charge in [0, 0.05) is 15.8 Å². The van der Waals surface area contributed by atoms with Crippen LogP contribution in [0, 0.1) is 6.92 Å². The third-order valence-electron chi connectivity index (χ3n) is 3.26. The predicted molar refractivity (Wildman–Crippen MR) is 79.5 cm³/mol. The minimum Gasteiger partial charge on any atom is -0.210 e. The molecule has 0 unspecified atom stereocenters. The van der Waals surface area contributed by atoms with Gasteiger partial charge in [-0.05, 0) is 49.8 Å². The molecule has 0 amide bonds. The van der Waals surface area contributed by atoms with Gasteiger partial charge in [-0.3, -0.25) is 0 Å². The first-order chi connectivity index (χ1) is 8.38. The number of rotatable bonds is 5. The standard InChI is InChI=1S/C12H16BrNO2S2/c1-9-7-10(3-4-11(9)13)18(15,16)14-8-12(17-2)5-6-12/h3-4,7,14H,5-6,8H2,1-2H3. The van der Waals surface area contributed by atoms with Crippen molar-refractivity contribution in [2.24, 2.45) is 0 Å². The second-order valence-electron chi connectivity index (χ2n) is 4.62. The van der Waals surface area contributed by atoms with Crippen LogP contribution >= 0.6 is 27.7 Å². The molecule has 1 aliphatic carbocycles. The molecule has 0 heterocycles. The van der Waals surface area contributed by atoms with Crippen LogP contribution in [-0.2, 0) is 10.0 Å². The molecule has 1 aromatic carbocycles. The molecule has 0 aliphatic heterocycles. The van der Waals surface area contributed by atoms with Crippen LogP contribution in [0.25, 0.3) is 0 Å². The highest BCUT2D eigenvalue weighted by Gasteiger charge is 2.42. The summed E-state index contributed by atoms with van der Waals surface area (Å²) >= 11 is 5.11. The van der Waals surface area contributed by atoms with E-state index in [4.69, 9.17) is 0 Å². The van der Waals surface area contributed by atoms with Gasteiger partial charge in [-0.15, -0.1) is 0 Å². The van der Waals surface area contributed by atoms with Gasteiger partial charge < -0.3 is 0 Å². The molecule has 1 aromatic rings. The number of nitrogens with one attached hydrogen (secondary N) is 1. The van der Waals surface area contributed by atoms with Gasteiger partial charge in [-0.1, -0.05) is 15.9 Å². The van der Waals surface area contributed by atoms with E-state index in [1.54, 1.807) is 30.0 Å². The maximum absolute atomic E-state index is 12.2. The highest BCUT2D eigenvalue weighted by Crippen LogP contribution is 2.46. The van der Waals surface area contributed by atoms with Crippen molar-refractivity contribution in [3.8, 4) is 0 Å². The van der Waals surface area contributed by atoms with E-state index >= 15 is 0 Å². The van der Waals surface area contributed by atoms with Gasteiger partial charge in [-0.2, -0.15) is 11.8 Å². The molecule has 1 fully saturated rings. The molecule has 18 heavy (non-hydrogen) atoms. The molecule has 0 aromatic heterocycles. The Morgan fingerprint density at radius 2 is 2.11 bits per heavy atom. The lowest BCUT2D eigenvalue weighted by atomic mass is 10.2. The molecular formula is C12H16BrNO2S2. The molecule has 6 heteroatoms. The van der Waals surface area contributed by atoms with Gasteiger partial charge in [-0.25, -0.2) is 13.1 Å². The van der Waals surface area contributed by atoms with Crippen LogP contribution in [0.15, 0.2) is 27.6 Å². The van der Waals surface area contributed by atoms with Gasteiger partial charge >= 0.3 is 0 Å². The van der Waals surface area contributed by atoms with Crippen molar-refractivity contribution in [2.45, 2.75) is 29.4 Å². The van der Waals surface area contributed by atoms with Crippen LogP contribution in [-0.4, -0.2) is 26.0 Å². The Hall–Kier alpha value is -0.0400. The number of thioether (sulfide) groups is 1. The summed E-state index contributed by atoms with van der Waals surface area (Å²) < 4.78 is 28.1. The SMILES string of the molecule is CSC1(CNS(=O)(=O)c2ccc(Br)c(C)c2)CC1. The zero-order valence-corrected chi connectivity index (χ0v) is 13.6. The van der Waals surface area contributed by atoms with E-state index < -0.39 is 10.0 Å². The van der Waals surface area contributed by atoms with Crippen molar-refractivity contribution >= 4 is 37.7 Å². The average Bonchev–Trinajstić information content (AvgIpc) is 3.11. The maximum Gasteiger partial charge on any atom is 0.240 e. The molecule has 1 saturated carbocycles. The van der Waals surface area contributed by atoms with Crippen molar-refractivity contribution in [3.63, 3.8) is 0 Å². The molecule has 0 radical (unpaired) electrons. The molecule has 0 saturated heterocycles. The van der Waals surface area contributed by atoms with Crippen molar-refractivity contribution < 1.29 is 8.42 Å². The first kappa shape index (κ1) is 14.4. The predicted octanol–water partition coefficient (Wildman–Crippen LogP) is 2.93. The van der Waals surface area contributed by atoms with Gasteiger partial charge in [0.2, 0.25) is 10.0 Å². The van der Waals surface area contributed by atoms with E-state index in [0.717, 1.165) is 22.9 Å². The first-order valence-electron chi connectivity index (χ1n) is 5.70. The minimum absolute atomic E-state index is 0.136. The normalized spacial score (nSPS) is 17.7. The van der Waals surface area contributed by atoms with Gasteiger partial charge in [0.1, 0.15) is 0 Å². The van der Waals surface area contributed by atoms with Crippen molar-refractivity contribution in [1.29, 1.82) is 0 Å². The Labute approximate surface area is 121 Å². The van der Waals surface area contributed by atoms with E-state index in [0.29, 0.717) is 11.4 Å². The Morgan fingerprint density at radius 3 is 2.61 bits per heavy atom.